The Morgan fingerprint density at radius 2 is 1.93 bits per heavy atom. The van der Waals surface area contributed by atoms with Crippen LogP contribution >= 0.6 is 23.1 Å². The van der Waals surface area contributed by atoms with E-state index in [1.165, 1.54) is 28.4 Å². The Morgan fingerprint density at radius 1 is 1.17 bits per heavy atom. The Bertz CT molecular complexity index is 1010. The molecule has 30 heavy (non-hydrogen) atoms. The molecule has 2 heterocycles. The topological polar surface area (TPSA) is 54.5 Å². The molecule has 3 aromatic rings. The first-order chi connectivity index (χ1) is 14.6. The normalized spacial score (nSPS) is 14.5. The lowest BCUT2D eigenvalue weighted by atomic mass is 10.1. The van der Waals surface area contributed by atoms with Gasteiger partial charge in [0, 0.05) is 47.8 Å². The number of methoxy groups -OCH3 is 1. The van der Waals surface area contributed by atoms with Crippen molar-refractivity contribution in [2.75, 3.05) is 37.0 Å². The zero-order valence-electron chi connectivity index (χ0n) is 17.2. The van der Waals surface area contributed by atoms with Crippen molar-refractivity contribution in [1.82, 2.24) is 9.88 Å². The average Bonchev–Trinajstić information content (AvgIpc) is 3.28. The second-order valence-corrected chi connectivity index (χ2v) is 9.28. The number of hydrogen-bond donors (Lipinski definition) is 1. The van der Waals surface area contributed by atoms with E-state index in [0.717, 1.165) is 47.2 Å². The maximum Gasteiger partial charge on any atom is 0.275 e. The van der Waals surface area contributed by atoms with Crippen LogP contribution in [0.15, 0.2) is 47.8 Å². The molecule has 5 nitrogen and oxygen atoms in total. The van der Waals surface area contributed by atoms with Crippen molar-refractivity contribution in [3.63, 3.8) is 0 Å². The molecule has 1 fully saturated rings. The molecule has 1 aromatic heterocycles. The van der Waals surface area contributed by atoms with Gasteiger partial charge in [0.15, 0.2) is 0 Å². The van der Waals surface area contributed by atoms with Crippen molar-refractivity contribution < 1.29 is 9.53 Å². The minimum atomic E-state index is -0.180. The van der Waals surface area contributed by atoms with E-state index in [1.807, 2.05) is 48.2 Å². The van der Waals surface area contributed by atoms with Crippen LogP contribution in [0.25, 0.3) is 10.6 Å². The lowest BCUT2D eigenvalue weighted by Crippen LogP contribution is -2.32. The number of carbonyl (C=O) groups excluding carboxylic acids is 1. The van der Waals surface area contributed by atoms with E-state index >= 15 is 0 Å². The molecule has 2 aromatic carbocycles. The van der Waals surface area contributed by atoms with E-state index in [-0.39, 0.29) is 5.91 Å². The minimum Gasteiger partial charge on any atom is -0.497 e. The van der Waals surface area contributed by atoms with Gasteiger partial charge in [-0.15, -0.1) is 11.3 Å². The van der Waals surface area contributed by atoms with Crippen LogP contribution in [0, 0.1) is 6.92 Å². The molecule has 0 spiro atoms. The number of nitrogens with one attached hydrogen (secondary N) is 1. The van der Waals surface area contributed by atoms with Gasteiger partial charge in [0.05, 0.1) is 7.11 Å². The molecule has 156 valence electrons. The van der Waals surface area contributed by atoms with Crippen molar-refractivity contribution in [2.24, 2.45) is 0 Å². The summed E-state index contributed by atoms with van der Waals surface area (Å²) >= 11 is 3.48. The molecular weight excluding hydrogens is 414 g/mol. The van der Waals surface area contributed by atoms with Gasteiger partial charge >= 0.3 is 0 Å². The Labute approximate surface area is 185 Å². The fraction of sp³-hybridized carbons (Fsp3) is 0.304. The first-order valence-electron chi connectivity index (χ1n) is 9.94. The van der Waals surface area contributed by atoms with E-state index in [0.29, 0.717) is 5.69 Å². The Balaban J connectivity index is 1.46. The molecule has 1 aliphatic rings. The standard InChI is InChI=1S/C23H25N3O2S2/c1-16-18(14-26-10-12-29-13-11-26)4-3-5-20(16)24-22(27)21-15-30-23(25-21)17-6-8-19(28-2)9-7-17/h3-9,15H,10-14H2,1-2H3,(H,24,27). The molecule has 1 amide bonds. The molecule has 1 saturated heterocycles. The van der Waals surface area contributed by atoms with Crippen LogP contribution in [-0.4, -0.2) is 47.5 Å². The second kappa shape index (κ2) is 9.64. The van der Waals surface area contributed by atoms with Gasteiger partial charge in [0.1, 0.15) is 16.5 Å². The number of ether oxygens (including phenoxy) is 1. The molecule has 0 atom stereocenters. The third-order valence-electron chi connectivity index (χ3n) is 5.27. The van der Waals surface area contributed by atoms with Gasteiger partial charge in [-0.05, 0) is 48.4 Å². The lowest BCUT2D eigenvalue weighted by molar-refractivity contribution is 0.102. The predicted octanol–water partition coefficient (Wildman–Crippen LogP) is 4.93. The number of benzene rings is 2. The van der Waals surface area contributed by atoms with Crippen molar-refractivity contribution in [1.29, 1.82) is 0 Å². The highest BCUT2D eigenvalue weighted by Crippen LogP contribution is 2.27. The third-order valence-corrected chi connectivity index (χ3v) is 7.10. The highest BCUT2D eigenvalue weighted by Gasteiger charge is 2.16. The van der Waals surface area contributed by atoms with E-state index in [2.05, 4.69) is 28.2 Å². The summed E-state index contributed by atoms with van der Waals surface area (Å²) < 4.78 is 5.20. The fourth-order valence-corrected chi connectivity index (χ4v) is 5.21. The van der Waals surface area contributed by atoms with E-state index in [4.69, 9.17) is 4.74 Å². The average molecular weight is 440 g/mol. The Hall–Kier alpha value is -2.35. The molecule has 0 saturated carbocycles. The highest BCUT2D eigenvalue weighted by atomic mass is 32.2. The summed E-state index contributed by atoms with van der Waals surface area (Å²) in [4.78, 5) is 19.8. The van der Waals surface area contributed by atoms with Crippen molar-refractivity contribution >= 4 is 34.7 Å². The number of carbonyl (C=O) groups is 1. The number of aromatic nitrogens is 1. The molecule has 0 aliphatic carbocycles. The van der Waals surface area contributed by atoms with Crippen LogP contribution in [0.4, 0.5) is 5.69 Å². The predicted molar refractivity (Wildman–Crippen MR) is 126 cm³/mol. The van der Waals surface area contributed by atoms with Gasteiger partial charge in [0.25, 0.3) is 5.91 Å². The number of thioether (sulfide) groups is 1. The van der Waals surface area contributed by atoms with Crippen molar-refractivity contribution in [2.45, 2.75) is 13.5 Å². The molecule has 1 N–H and O–H groups in total. The molecule has 0 unspecified atom stereocenters. The summed E-state index contributed by atoms with van der Waals surface area (Å²) in [5.41, 5.74) is 4.64. The maximum absolute atomic E-state index is 12.8. The summed E-state index contributed by atoms with van der Waals surface area (Å²) in [5.74, 6) is 3.00. The lowest BCUT2D eigenvalue weighted by Gasteiger charge is -2.27. The van der Waals surface area contributed by atoms with Crippen molar-refractivity contribution in [3.05, 3.63) is 64.7 Å². The van der Waals surface area contributed by atoms with E-state index in [1.54, 1.807) is 12.5 Å². The molecule has 1 aliphatic heterocycles. The number of amides is 1. The zero-order valence-corrected chi connectivity index (χ0v) is 18.8. The zero-order chi connectivity index (χ0) is 20.9. The van der Waals surface area contributed by atoms with Crippen LogP contribution in [0.3, 0.4) is 0 Å². The number of rotatable bonds is 6. The van der Waals surface area contributed by atoms with Crippen LogP contribution in [-0.2, 0) is 6.54 Å². The quantitative estimate of drug-likeness (QED) is 0.590. The van der Waals surface area contributed by atoms with E-state index in [9.17, 15) is 4.79 Å². The minimum absolute atomic E-state index is 0.180. The maximum atomic E-state index is 12.8. The second-order valence-electron chi connectivity index (χ2n) is 7.20. The number of nitrogens with zero attached hydrogens (tertiary/aromatic N) is 2. The van der Waals surface area contributed by atoms with Gasteiger partial charge in [-0.3, -0.25) is 9.69 Å². The van der Waals surface area contributed by atoms with Crippen LogP contribution in [0.2, 0.25) is 0 Å². The highest BCUT2D eigenvalue weighted by molar-refractivity contribution is 7.99. The van der Waals surface area contributed by atoms with Crippen molar-refractivity contribution in [3.8, 4) is 16.3 Å². The van der Waals surface area contributed by atoms with Gasteiger partial charge < -0.3 is 10.1 Å². The summed E-state index contributed by atoms with van der Waals surface area (Å²) in [5, 5.41) is 5.67. The smallest absolute Gasteiger partial charge is 0.275 e. The van der Waals surface area contributed by atoms with Crippen LogP contribution in [0.1, 0.15) is 21.6 Å². The van der Waals surface area contributed by atoms with E-state index < -0.39 is 0 Å². The summed E-state index contributed by atoms with van der Waals surface area (Å²) in [7, 11) is 1.64. The van der Waals surface area contributed by atoms with Gasteiger partial charge in [-0.2, -0.15) is 11.8 Å². The first-order valence-corrected chi connectivity index (χ1v) is 12.0. The fourth-order valence-electron chi connectivity index (χ4n) is 3.42. The molecular formula is C23H25N3O2S2. The van der Waals surface area contributed by atoms with Crippen LogP contribution in [0.5, 0.6) is 5.75 Å². The van der Waals surface area contributed by atoms with Gasteiger partial charge in [-0.1, -0.05) is 12.1 Å². The number of hydrogen-bond acceptors (Lipinski definition) is 6. The van der Waals surface area contributed by atoms with Crippen LogP contribution < -0.4 is 10.1 Å². The summed E-state index contributed by atoms with van der Waals surface area (Å²) in [6, 6.07) is 13.8. The first kappa shape index (κ1) is 20.9. The number of thiazole rings is 1. The molecule has 0 bridgehead atoms. The monoisotopic (exact) mass is 439 g/mol. The Morgan fingerprint density at radius 3 is 2.67 bits per heavy atom. The molecule has 4 rings (SSSR count). The Kier molecular flexibility index (Phi) is 6.72. The SMILES string of the molecule is COc1ccc(-c2nc(C(=O)Nc3cccc(CN4CCSCC4)c3C)cs2)cc1. The molecule has 0 radical (unpaired) electrons. The van der Waals surface area contributed by atoms with Gasteiger partial charge in [-0.25, -0.2) is 4.98 Å². The third kappa shape index (κ3) is 4.86. The summed E-state index contributed by atoms with van der Waals surface area (Å²) in [6.45, 7) is 5.24. The molecule has 7 heteroatoms. The van der Waals surface area contributed by atoms with Gasteiger partial charge in [0.2, 0.25) is 0 Å². The number of anilines is 1. The summed E-state index contributed by atoms with van der Waals surface area (Å²) in [6.07, 6.45) is 0. The largest absolute Gasteiger partial charge is 0.497 e.